The van der Waals surface area contributed by atoms with Crippen molar-refractivity contribution in [2.45, 2.75) is 19.9 Å². The molecule has 0 fully saturated rings. The summed E-state index contributed by atoms with van der Waals surface area (Å²) in [5.41, 5.74) is 2.10. The van der Waals surface area contributed by atoms with Gasteiger partial charge < -0.3 is 15.7 Å². The number of anilines is 2. The van der Waals surface area contributed by atoms with E-state index >= 15 is 0 Å². The van der Waals surface area contributed by atoms with Crippen LogP contribution in [-0.2, 0) is 0 Å². The molecule has 0 aliphatic rings. The molecule has 2 rings (SSSR count). The van der Waals surface area contributed by atoms with Gasteiger partial charge in [-0.05, 0) is 44.2 Å². The number of amides is 1. The maximum Gasteiger partial charge on any atom is 0.251 e. The second-order valence-electron chi connectivity index (χ2n) is 4.82. The minimum atomic E-state index is -0.280. The number of aromatic nitrogens is 2. The standard InChI is InChI=1S/C15H18N4O2/c1-10-6-7-14(19-18-10)17-13-5-3-4-12(8-13)15(21)16-11(2)9-20/h3-8,11,20H,9H2,1-2H3,(H,16,21)(H,17,19). The van der Waals surface area contributed by atoms with E-state index in [1.165, 1.54) is 0 Å². The van der Waals surface area contributed by atoms with Gasteiger partial charge in [-0.3, -0.25) is 4.79 Å². The summed E-state index contributed by atoms with van der Waals surface area (Å²) in [6, 6.07) is 10.5. The molecule has 2 aromatic rings. The Hall–Kier alpha value is -2.47. The minimum absolute atomic E-state index is 0.0946. The maximum atomic E-state index is 12.0. The number of nitrogens with zero attached hydrogens (tertiary/aromatic N) is 2. The number of hydrogen-bond donors (Lipinski definition) is 3. The van der Waals surface area contributed by atoms with Crippen molar-refractivity contribution < 1.29 is 9.90 Å². The summed E-state index contributed by atoms with van der Waals surface area (Å²) < 4.78 is 0. The summed E-state index contributed by atoms with van der Waals surface area (Å²) in [6.45, 7) is 3.51. The molecular weight excluding hydrogens is 268 g/mol. The molecule has 6 heteroatoms. The monoisotopic (exact) mass is 286 g/mol. The van der Waals surface area contributed by atoms with Gasteiger partial charge in [-0.25, -0.2) is 0 Å². The molecule has 0 aliphatic carbocycles. The Labute approximate surface area is 123 Å². The fourth-order valence-corrected chi connectivity index (χ4v) is 1.70. The van der Waals surface area contributed by atoms with Gasteiger partial charge in [0, 0.05) is 17.3 Å². The van der Waals surface area contributed by atoms with Gasteiger partial charge in [0.25, 0.3) is 5.91 Å². The highest BCUT2D eigenvalue weighted by atomic mass is 16.3. The van der Waals surface area contributed by atoms with Crippen LogP contribution in [0.4, 0.5) is 11.5 Å². The van der Waals surface area contributed by atoms with Crippen LogP contribution in [0.15, 0.2) is 36.4 Å². The fraction of sp³-hybridized carbons (Fsp3) is 0.267. The molecule has 0 aliphatic heterocycles. The Balaban J connectivity index is 2.10. The van der Waals surface area contributed by atoms with Crippen molar-refractivity contribution in [3.05, 3.63) is 47.7 Å². The lowest BCUT2D eigenvalue weighted by atomic mass is 10.1. The zero-order chi connectivity index (χ0) is 15.2. The van der Waals surface area contributed by atoms with Crippen molar-refractivity contribution in [3.63, 3.8) is 0 Å². The molecular formula is C15H18N4O2. The van der Waals surface area contributed by atoms with E-state index in [9.17, 15) is 4.79 Å². The molecule has 0 saturated carbocycles. The number of aryl methyl sites for hydroxylation is 1. The molecule has 1 aromatic heterocycles. The molecule has 1 atom stereocenters. The normalized spacial score (nSPS) is 11.8. The van der Waals surface area contributed by atoms with Gasteiger partial charge in [0.1, 0.15) is 0 Å². The second kappa shape index (κ2) is 6.81. The van der Waals surface area contributed by atoms with Crippen molar-refractivity contribution in [2.75, 3.05) is 11.9 Å². The molecule has 1 unspecified atom stereocenters. The number of hydrogen-bond acceptors (Lipinski definition) is 5. The summed E-state index contributed by atoms with van der Waals surface area (Å²) in [4.78, 5) is 12.0. The molecule has 1 aromatic carbocycles. The SMILES string of the molecule is Cc1ccc(Nc2cccc(C(=O)NC(C)CO)c2)nn1. The first-order valence-electron chi connectivity index (χ1n) is 6.67. The molecule has 3 N–H and O–H groups in total. The fourth-order valence-electron chi connectivity index (χ4n) is 1.70. The van der Waals surface area contributed by atoms with Crippen LogP contribution in [0.3, 0.4) is 0 Å². The van der Waals surface area contributed by atoms with Gasteiger partial charge in [-0.15, -0.1) is 5.10 Å². The summed E-state index contributed by atoms with van der Waals surface area (Å²) in [5.74, 6) is 0.386. The molecule has 0 spiro atoms. The number of rotatable bonds is 5. The van der Waals surface area contributed by atoms with Crippen LogP contribution in [0.2, 0.25) is 0 Å². The molecule has 0 saturated heterocycles. The van der Waals surface area contributed by atoms with Crippen LogP contribution in [0.1, 0.15) is 23.0 Å². The second-order valence-corrected chi connectivity index (χ2v) is 4.82. The minimum Gasteiger partial charge on any atom is -0.394 e. The Morgan fingerprint density at radius 2 is 2.10 bits per heavy atom. The summed E-state index contributed by atoms with van der Waals surface area (Å²) in [6.07, 6.45) is 0. The van der Waals surface area contributed by atoms with Crippen LogP contribution in [0, 0.1) is 6.92 Å². The number of nitrogens with one attached hydrogen (secondary N) is 2. The van der Waals surface area contributed by atoms with Crippen molar-refractivity contribution in [3.8, 4) is 0 Å². The molecule has 6 nitrogen and oxygen atoms in total. The van der Waals surface area contributed by atoms with Gasteiger partial charge in [-0.1, -0.05) is 6.07 Å². The van der Waals surface area contributed by atoms with Gasteiger partial charge in [-0.2, -0.15) is 5.10 Å². The highest BCUT2D eigenvalue weighted by molar-refractivity contribution is 5.95. The average Bonchev–Trinajstić information content (AvgIpc) is 2.49. The van der Waals surface area contributed by atoms with E-state index in [2.05, 4.69) is 20.8 Å². The highest BCUT2D eigenvalue weighted by Crippen LogP contribution is 2.15. The van der Waals surface area contributed by atoms with Crippen LogP contribution in [-0.4, -0.2) is 33.9 Å². The number of carbonyl (C=O) groups excluding carboxylic acids is 1. The lowest BCUT2D eigenvalue weighted by Gasteiger charge is -2.12. The number of aliphatic hydroxyl groups excluding tert-OH is 1. The van der Waals surface area contributed by atoms with E-state index in [0.29, 0.717) is 11.4 Å². The third kappa shape index (κ3) is 4.25. The third-order valence-electron chi connectivity index (χ3n) is 2.85. The zero-order valence-corrected chi connectivity index (χ0v) is 12.0. The van der Waals surface area contributed by atoms with E-state index in [1.54, 1.807) is 25.1 Å². The van der Waals surface area contributed by atoms with Gasteiger partial charge in [0.05, 0.1) is 12.3 Å². The number of aliphatic hydroxyl groups is 1. The van der Waals surface area contributed by atoms with E-state index in [4.69, 9.17) is 5.11 Å². The summed E-state index contributed by atoms with van der Waals surface area (Å²) >= 11 is 0. The predicted molar refractivity (Wildman–Crippen MR) is 80.5 cm³/mol. The van der Waals surface area contributed by atoms with Crippen molar-refractivity contribution in [2.24, 2.45) is 0 Å². The van der Waals surface area contributed by atoms with Crippen molar-refractivity contribution in [1.82, 2.24) is 15.5 Å². The van der Waals surface area contributed by atoms with Gasteiger partial charge >= 0.3 is 0 Å². The topological polar surface area (TPSA) is 87.1 Å². The zero-order valence-electron chi connectivity index (χ0n) is 12.0. The lowest BCUT2D eigenvalue weighted by Crippen LogP contribution is -2.34. The van der Waals surface area contributed by atoms with E-state index in [1.807, 2.05) is 25.1 Å². The Bertz CT molecular complexity index is 613. The van der Waals surface area contributed by atoms with Crippen LogP contribution >= 0.6 is 0 Å². The first-order chi connectivity index (χ1) is 10.1. The Kier molecular flexibility index (Phi) is 4.84. The van der Waals surface area contributed by atoms with E-state index < -0.39 is 0 Å². The van der Waals surface area contributed by atoms with E-state index in [-0.39, 0.29) is 18.6 Å². The molecule has 110 valence electrons. The maximum absolute atomic E-state index is 12.0. The summed E-state index contributed by atoms with van der Waals surface area (Å²) in [7, 11) is 0. The molecule has 1 amide bonds. The Morgan fingerprint density at radius 3 is 2.76 bits per heavy atom. The smallest absolute Gasteiger partial charge is 0.251 e. The van der Waals surface area contributed by atoms with Crippen LogP contribution < -0.4 is 10.6 Å². The summed E-state index contributed by atoms with van der Waals surface area (Å²) in [5, 5.41) is 22.7. The highest BCUT2D eigenvalue weighted by Gasteiger charge is 2.09. The first-order valence-corrected chi connectivity index (χ1v) is 6.67. The average molecular weight is 286 g/mol. The molecule has 1 heterocycles. The quantitative estimate of drug-likeness (QED) is 0.778. The van der Waals surface area contributed by atoms with Gasteiger partial charge in [0.2, 0.25) is 0 Å². The van der Waals surface area contributed by atoms with Crippen molar-refractivity contribution >= 4 is 17.4 Å². The van der Waals surface area contributed by atoms with Crippen molar-refractivity contribution in [1.29, 1.82) is 0 Å². The molecule has 0 radical (unpaired) electrons. The largest absolute Gasteiger partial charge is 0.394 e. The molecule has 0 bridgehead atoms. The lowest BCUT2D eigenvalue weighted by molar-refractivity contribution is 0.0922. The first kappa shape index (κ1) is 14.9. The van der Waals surface area contributed by atoms with Crippen LogP contribution in [0.25, 0.3) is 0 Å². The van der Waals surface area contributed by atoms with E-state index in [0.717, 1.165) is 11.4 Å². The third-order valence-corrected chi connectivity index (χ3v) is 2.85. The van der Waals surface area contributed by atoms with Gasteiger partial charge in [0.15, 0.2) is 5.82 Å². The molecule has 21 heavy (non-hydrogen) atoms. The Morgan fingerprint density at radius 1 is 1.29 bits per heavy atom. The van der Waals surface area contributed by atoms with Crippen LogP contribution in [0.5, 0.6) is 0 Å². The predicted octanol–water partition coefficient (Wildman–Crippen LogP) is 1.64. The number of benzene rings is 1. The number of carbonyl (C=O) groups is 1.